The molecule has 0 aromatic rings. The zero-order chi connectivity index (χ0) is 23.4. The topological polar surface area (TPSA) is 132 Å². The molecule has 0 aromatic carbocycles. The van der Waals surface area contributed by atoms with Crippen LogP contribution in [0.15, 0.2) is 0 Å². The number of esters is 5. The fourth-order valence-electron chi connectivity index (χ4n) is 2.50. The van der Waals surface area contributed by atoms with Crippen molar-refractivity contribution in [3.8, 4) is 0 Å². The van der Waals surface area contributed by atoms with Crippen LogP contribution in [0.3, 0.4) is 0 Å². The quantitative estimate of drug-likeness (QED) is 0.232. The molecule has 0 fully saturated rings. The number of carbonyl (C=O) groups is 5. The highest BCUT2D eigenvalue weighted by Crippen LogP contribution is 2.31. The van der Waals surface area contributed by atoms with Crippen LogP contribution in [0, 0.1) is 0 Å². The molecule has 0 aliphatic heterocycles. The van der Waals surface area contributed by atoms with E-state index in [1.807, 2.05) is 0 Å². The summed E-state index contributed by atoms with van der Waals surface area (Å²) in [4.78, 5) is 58.3. The normalized spacial score (nSPS) is 14.7. The van der Waals surface area contributed by atoms with Crippen molar-refractivity contribution in [2.75, 3.05) is 19.1 Å². The van der Waals surface area contributed by atoms with Gasteiger partial charge in [-0.2, -0.15) is 0 Å². The van der Waals surface area contributed by atoms with Gasteiger partial charge in [-0.15, -0.1) is 23.5 Å². The van der Waals surface area contributed by atoms with Crippen molar-refractivity contribution >= 4 is 53.4 Å². The molecule has 12 heteroatoms. The fourth-order valence-corrected chi connectivity index (χ4v) is 4.23. The van der Waals surface area contributed by atoms with Crippen molar-refractivity contribution in [3.05, 3.63) is 0 Å². The van der Waals surface area contributed by atoms with Gasteiger partial charge in [0.25, 0.3) is 0 Å². The lowest BCUT2D eigenvalue weighted by Gasteiger charge is -2.37. The summed E-state index contributed by atoms with van der Waals surface area (Å²) in [5.74, 6) is -3.59. The van der Waals surface area contributed by atoms with E-state index in [4.69, 9.17) is 23.7 Å². The van der Waals surface area contributed by atoms with Crippen molar-refractivity contribution in [1.29, 1.82) is 0 Å². The Kier molecular flexibility index (Phi) is 13.2. The van der Waals surface area contributed by atoms with Gasteiger partial charge in [-0.25, -0.2) is 0 Å². The second-order valence-corrected chi connectivity index (χ2v) is 8.27. The molecule has 0 rings (SSSR count). The third kappa shape index (κ3) is 10.7. The maximum Gasteiger partial charge on any atom is 0.303 e. The average Bonchev–Trinajstić information content (AvgIpc) is 2.60. The first kappa shape index (κ1) is 28.1. The molecule has 10 nitrogen and oxygen atoms in total. The Morgan fingerprint density at radius 1 is 0.600 bits per heavy atom. The maximum atomic E-state index is 11.8. The Morgan fingerprint density at radius 2 is 1.00 bits per heavy atom. The molecule has 0 heterocycles. The lowest BCUT2D eigenvalue weighted by atomic mass is 10.0. The molecule has 172 valence electrons. The van der Waals surface area contributed by atoms with Crippen LogP contribution in [-0.4, -0.2) is 78.0 Å². The summed E-state index contributed by atoms with van der Waals surface area (Å²) >= 11 is 2.63. The van der Waals surface area contributed by atoms with Gasteiger partial charge >= 0.3 is 29.8 Å². The number of hydrogen-bond donors (Lipinski definition) is 0. The zero-order valence-corrected chi connectivity index (χ0v) is 19.6. The summed E-state index contributed by atoms with van der Waals surface area (Å²) in [6.07, 6.45) is -1.64. The first-order valence-corrected chi connectivity index (χ1v) is 11.4. The molecule has 0 aliphatic carbocycles. The first-order valence-electron chi connectivity index (χ1n) is 8.80. The van der Waals surface area contributed by atoms with E-state index in [2.05, 4.69) is 0 Å². The van der Waals surface area contributed by atoms with Gasteiger partial charge in [0, 0.05) is 34.6 Å². The molecule has 0 spiro atoms. The molecular formula is C18H28O10S2. The molecule has 0 bridgehead atoms. The summed E-state index contributed by atoms with van der Waals surface area (Å²) in [5.41, 5.74) is 0. The van der Waals surface area contributed by atoms with E-state index in [-0.39, 0.29) is 0 Å². The average molecular weight is 469 g/mol. The monoisotopic (exact) mass is 468 g/mol. The van der Waals surface area contributed by atoms with E-state index < -0.39 is 65.5 Å². The highest BCUT2D eigenvalue weighted by Gasteiger charge is 2.46. The van der Waals surface area contributed by atoms with Crippen LogP contribution in [0.5, 0.6) is 0 Å². The van der Waals surface area contributed by atoms with E-state index in [1.54, 1.807) is 12.5 Å². The minimum Gasteiger partial charge on any atom is -0.462 e. The van der Waals surface area contributed by atoms with Gasteiger partial charge in [0.2, 0.25) is 0 Å². The van der Waals surface area contributed by atoms with E-state index >= 15 is 0 Å². The van der Waals surface area contributed by atoms with E-state index in [0.29, 0.717) is 0 Å². The smallest absolute Gasteiger partial charge is 0.303 e. The molecule has 0 aliphatic rings. The van der Waals surface area contributed by atoms with Crippen LogP contribution >= 0.6 is 23.5 Å². The van der Waals surface area contributed by atoms with E-state index in [1.165, 1.54) is 30.4 Å². The minimum atomic E-state index is -1.42. The van der Waals surface area contributed by atoms with Crippen LogP contribution < -0.4 is 0 Å². The van der Waals surface area contributed by atoms with Gasteiger partial charge in [0.05, 0.1) is 4.58 Å². The Balaban J connectivity index is 6.37. The Morgan fingerprint density at radius 3 is 1.37 bits per heavy atom. The largest absolute Gasteiger partial charge is 0.462 e. The molecule has 0 unspecified atom stereocenters. The molecule has 0 N–H and O–H groups in total. The molecule has 4 atom stereocenters. The number of carbonyl (C=O) groups excluding carboxylic acids is 5. The van der Waals surface area contributed by atoms with Crippen molar-refractivity contribution in [3.63, 3.8) is 0 Å². The standard InChI is InChI=1S/C18H28O10S2/c1-9(19)24-8-14(25-10(2)20)15(26-11(3)21)16(27-12(4)22)17(28-13(5)23)18(29-6)30-7/h14-18H,8H2,1-7H3/t14-,15-,16-,17-/m0/s1. The molecule has 0 aromatic heterocycles. The molecule has 0 saturated carbocycles. The van der Waals surface area contributed by atoms with Gasteiger partial charge in [0.15, 0.2) is 24.4 Å². The summed E-state index contributed by atoms with van der Waals surface area (Å²) < 4.78 is 25.8. The Bertz CT molecular complexity index is 620. The van der Waals surface area contributed by atoms with Crippen molar-refractivity contribution < 1.29 is 47.7 Å². The maximum absolute atomic E-state index is 11.8. The second kappa shape index (κ2) is 14.1. The van der Waals surface area contributed by atoms with E-state index in [9.17, 15) is 24.0 Å². The number of rotatable bonds is 12. The minimum absolute atomic E-state index is 0.428. The molecule has 30 heavy (non-hydrogen) atoms. The van der Waals surface area contributed by atoms with Crippen molar-refractivity contribution in [2.24, 2.45) is 0 Å². The Labute approximate surface area is 184 Å². The van der Waals surface area contributed by atoms with Gasteiger partial charge in [-0.05, 0) is 12.5 Å². The van der Waals surface area contributed by atoms with Gasteiger partial charge in [-0.1, -0.05) is 0 Å². The lowest BCUT2D eigenvalue weighted by Crippen LogP contribution is -2.55. The zero-order valence-electron chi connectivity index (χ0n) is 18.0. The summed E-state index contributed by atoms with van der Waals surface area (Å²) in [6, 6.07) is 0. The number of hydrogen-bond acceptors (Lipinski definition) is 12. The predicted molar refractivity (Wildman–Crippen MR) is 110 cm³/mol. The number of thioether (sulfide) groups is 2. The van der Waals surface area contributed by atoms with E-state index in [0.717, 1.165) is 27.7 Å². The van der Waals surface area contributed by atoms with Crippen molar-refractivity contribution in [2.45, 2.75) is 63.6 Å². The van der Waals surface area contributed by atoms with Gasteiger partial charge in [0.1, 0.15) is 6.61 Å². The van der Waals surface area contributed by atoms with Crippen LogP contribution in [0.2, 0.25) is 0 Å². The lowest BCUT2D eigenvalue weighted by molar-refractivity contribution is -0.201. The molecule has 0 radical (unpaired) electrons. The summed E-state index contributed by atoms with van der Waals surface area (Å²) in [7, 11) is 0. The SMILES string of the molecule is CSC(SC)[C@@H](OC(C)=O)[C@@H](OC(C)=O)[C@@H](OC(C)=O)[C@H](COC(C)=O)OC(C)=O. The Hall–Kier alpha value is -1.95. The van der Waals surface area contributed by atoms with Crippen molar-refractivity contribution in [1.82, 2.24) is 0 Å². The molecule has 0 amide bonds. The van der Waals surface area contributed by atoms with Crippen LogP contribution in [0.4, 0.5) is 0 Å². The first-order chi connectivity index (χ1) is 13.9. The highest BCUT2D eigenvalue weighted by molar-refractivity contribution is 8.16. The van der Waals surface area contributed by atoms with Gasteiger partial charge < -0.3 is 23.7 Å². The van der Waals surface area contributed by atoms with Gasteiger partial charge in [-0.3, -0.25) is 24.0 Å². The summed E-state index contributed by atoms with van der Waals surface area (Å²) in [6.45, 7) is 5.20. The third-order valence-electron chi connectivity index (χ3n) is 3.42. The summed E-state index contributed by atoms with van der Waals surface area (Å²) in [5, 5.41) is 0. The highest BCUT2D eigenvalue weighted by atomic mass is 32.2. The molecule has 0 saturated heterocycles. The van der Waals surface area contributed by atoms with Crippen LogP contribution in [-0.2, 0) is 47.7 Å². The third-order valence-corrected chi connectivity index (χ3v) is 6.04. The fraction of sp³-hybridized carbons (Fsp3) is 0.722. The second-order valence-electron chi connectivity index (χ2n) is 6.01. The number of ether oxygens (including phenoxy) is 5. The predicted octanol–water partition coefficient (Wildman–Crippen LogP) is 1.33. The molecular weight excluding hydrogens is 440 g/mol. The van der Waals surface area contributed by atoms with Crippen LogP contribution in [0.25, 0.3) is 0 Å². The van der Waals surface area contributed by atoms with Crippen LogP contribution in [0.1, 0.15) is 34.6 Å².